The van der Waals surface area contributed by atoms with Crippen LogP contribution in [-0.4, -0.2) is 0 Å². The maximum absolute atomic E-state index is 14.7. The average Bonchev–Trinajstić information content (AvgIpc) is 3.90. The quantitative estimate of drug-likeness (QED) is 0.122. The first-order valence-corrected chi connectivity index (χ1v) is 18.1. The van der Waals surface area contributed by atoms with Gasteiger partial charge in [-0.15, -0.1) is 45.3 Å². The van der Waals surface area contributed by atoms with Gasteiger partial charge in [-0.05, 0) is 82.2 Å². The molecule has 0 spiro atoms. The lowest BCUT2D eigenvalue weighted by Gasteiger charge is -2.13. The maximum Gasteiger partial charge on any atom is 0.422 e. The molecule has 8 aromatic rings. The molecule has 276 valence electrons. The van der Waals surface area contributed by atoms with Gasteiger partial charge in [0.05, 0.1) is 11.1 Å². The van der Waals surface area contributed by atoms with Crippen molar-refractivity contribution >= 4 is 76.3 Å². The third-order valence-electron chi connectivity index (χ3n) is 8.39. The van der Waals surface area contributed by atoms with Crippen LogP contribution in [0.2, 0.25) is 0 Å². The number of hydrogen-bond donors (Lipinski definition) is 0. The first-order valence-electron chi connectivity index (χ1n) is 14.8. The summed E-state index contributed by atoms with van der Waals surface area (Å²) in [6.07, 6.45) is -11.3. The number of thiophene rings is 4. The minimum Gasteiger partial charge on any atom is -0.203 e. The Hall–Kier alpha value is -4.52. The summed E-state index contributed by atoms with van der Waals surface area (Å²) in [6.45, 7) is 0. The molecule has 0 atom stereocenters. The highest BCUT2D eigenvalue weighted by molar-refractivity contribution is 7.27. The molecule has 4 aromatic heterocycles. The predicted octanol–water partition coefficient (Wildman–Crippen LogP) is 15.2. The molecule has 0 amide bonds. The molecule has 0 radical (unpaired) electrons. The van der Waals surface area contributed by atoms with Crippen molar-refractivity contribution in [3.8, 4) is 40.4 Å². The molecule has 0 N–H and O–H groups in total. The third kappa shape index (κ3) is 5.76. The van der Waals surface area contributed by atoms with Gasteiger partial charge in [-0.2, -0.15) is 26.3 Å². The lowest BCUT2D eigenvalue weighted by Crippen LogP contribution is -2.15. The normalized spacial score (nSPS) is 12.6. The van der Waals surface area contributed by atoms with Gasteiger partial charge >= 0.3 is 12.4 Å². The molecule has 4 heterocycles. The van der Waals surface area contributed by atoms with Crippen molar-refractivity contribution in [2.24, 2.45) is 0 Å². The second kappa shape index (κ2) is 12.5. The van der Waals surface area contributed by atoms with E-state index in [9.17, 15) is 61.5 Å². The third-order valence-corrected chi connectivity index (χ3v) is 13.2. The number of rotatable bonds is 4. The highest BCUT2D eigenvalue weighted by Gasteiger charge is 2.44. The number of hydrogen-bond acceptors (Lipinski definition) is 4. The molecule has 0 aliphatic carbocycles. The standard InChI is InChI=1S/C36H10F14S4/c37-27-23(28(38)32(42)25(31(27)41)35(45,46)47)17-3-1-15(51-17)21-9-13-5-11-6-14-10-22(54-20(14)8-12(11)7-19(13)53-21)16-2-4-18(52-16)24-29(39)33(43)26(36(48,49)50)34(44)30(24)40/h1-10H. The molecular weight excluding hydrogens is 827 g/mol. The summed E-state index contributed by atoms with van der Waals surface area (Å²) in [5.74, 6) is -18.9. The first kappa shape index (κ1) is 36.5. The van der Waals surface area contributed by atoms with E-state index in [0.717, 1.165) is 65.8 Å². The van der Waals surface area contributed by atoms with Crippen molar-refractivity contribution in [3.05, 3.63) is 118 Å². The van der Waals surface area contributed by atoms with E-state index in [0.29, 0.717) is 19.5 Å². The smallest absolute Gasteiger partial charge is 0.203 e. The Labute approximate surface area is 307 Å². The molecule has 0 unspecified atom stereocenters. The van der Waals surface area contributed by atoms with Crippen LogP contribution in [0.25, 0.3) is 71.3 Å². The van der Waals surface area contributed by atoms with Gasteiger partial charge in [0.2, 0.25) is 0 Å². The van der Waals surface area contributed by atoms with Gasteiger partial charge in [0, 0.05) is 38.7 Å². The van der Waals surface area contributed by atoms with E-state index in [1.54, 1.807) is 12.1 Å². The Kier molecular flexibility index (Phi) is 8.44. The Balaban J connectivity index is 1.12. The Morgan fingerprint density at radius 3 is 0.963 bits per heavy atom. The molecule has 0 fully saturated rings. The zero-order valence-electron chi connectivity index (χ0n) is 25.7. The topological polar surface area (TPSA) is 0 Å². The summed E-state index contributed by atoms with van der Waals surface area (Å²) < 4.78 is 196. The highest BCUT2D eigenvalue weighted by Crippen LogP contribution is 2.47. The molecule has 54 heavy (non-hydrogen) atoms. The summed E-state index contributed by atoms with van der Waals surface area (Å²) >= 11 is 3.97. The first-order chi connectivity index (χ1) is 25.3. The van der Waals surface area contributed by atoms with Crippen LogP contribution in [0.4, 0.5) is 61.5 Å². The van der Waals surface area contributed by atoms with Crippen LogP contribution in [-0.2, 0) is 12.4 Å². The van der Waals surface area contributed by atoms with E-state index < -0.39 is 81.1 Å². The zero-order valence-corrected chi connectivity index (χ0v) is 29.0. The minimum atomic E-state index is -5.67. The van der Waals surface area contributed by atoms with Gasteiger partial charge in [-0.3, -0.25) is 0 Å². The number of fused-ring (bicyclic) bond motifs is 3. The summed E-state index contributed by atoms with van der Waals surface area (Å²) in [6, 6.07) is 16.0. The van der Waals surface area contributed by atoms with Crippen LogP contribution in [0.3, 0.4) is 0 Å². The van der Waals surface area contributed by atoms with Gasteiger partial charge in [-0.25, -0.2) is 35.1 Å². The lowest BCUT2D eigenvalue weighted by atomic mass is 10.1. The van der Waals surface area contributed by atoms with Gasteiger partial charge in [-0.1, -0.05) is 0 Å². The van der Waals surface area contributed by atoms with Gasteiger partial charge in [0.15, 0.2) is 46.5 Å². The highest BCUT2D eigenvalue weighted by atomic mass is 32.1. The van der Waals surface area contributed by atoms with Gasteiger partial charge in [0.1, 0.15) is 11.1 Å². The number of halogens is 14. The van der Waals surface area contributed by atoms with Crippen LogP contribution >= 0.6 is 45.3 Å². The zero-order chi connectivity index (χ0) is 38.8. The van der Waals surface area contributed by atoms with Crippen molar-refractivity contribution in [2.45, 2.75) is 12.4 Å². The monoisotopic (exact) mass is 836 g/mol. The molecule has 0 aliphatic rings. The van der Waals surface area contributed by atoms with E-state index in [1.807, 2.05) is 24.3 Å². The van der Waals surface area contributed by atoms with E-state index in [4.69, 9.17) is 0 Å². The summed E-state index contributed by atoms with van der Waals surface area (Å²) in [5.41, 5.74) is -7.85. The second-order valence-corrected chi connectivity index (χ2v) is 16.0. The molecule has 0 nitrogen and oxygen atoms in total. The molecule has 0 aliphatic heterocycles. The summed E-state index contributed by atoms with van der Waals surface area (Å²) in [5, 5.41) is 3.01. The van der Waals surface area contributed by atoms with Crippen molar-refractivity contribution < 1.29 is 61.5 Å². The SMILES string of the molecule is Fc1c(F)c(C(F)(F)F)c(F)c(F)c1-c1ccc(-c2cc3cc4cc5cc(-c6ccc(-c7c(F)c(F)c(C(F)(F)F)c(F)c7F)s6)sc5cc4cc3s2)s1. The van der Waals surface area contributed by atoms with Crippen molar-refractivity contribution in [2.75, 3.05) is 0 Å². The number of benzene rings is 4. The molecule has 0 saturated carbocycles. The molecule has 18 heteroatoms. The van der Waals surface area contributed by atoms with Crippen molar-refractivity contribution in [3.63, 3.8) is 0 Å². The van der Waals surface area contributed by atoms with E-state index in [-0.39, 0.29) is 9.75 Å². The van der Waals surface area contributed by atoms with Crippen LogP contribution < -0.4 is 0 Å². The summed E-state index contributed by atoms with van der Waals surface area (Å²) in [7, 11) is 0. The Morgan fingerprint density at radius 1 is 0.315 bits per heavy atom. The fourth-order valence-electron chi connectivity index (χ4n) is 5.97. The second-order valence-electron chi connectivity index (χ2n) is 11.7. The van der Waals surface area contributed by atoms with E-state index in [1.165, 1.54) is 34.8 Å². The molecule has 4 aromatic carbocycles. The van der Waals surface area contributed by atoms with Crippen molar-refractivity contribution in [1.82, 2.24) is 0 Å². The van der Waals surface area contributed by atoms with Gasteiger partial charge < -0.3 is 0 Å². The Bertz CT molecular complexity index is 2530. The van der Waals surface area contributed by atoms with E-state index in [2.05, 4.69) is 0 Å². The van der Waals surface area contributed by atoms with Crippen LogP contribution in [0.15, 0.2) is 60.7 Å². The van der Waals surface area contributed by atoms with Crippen LogP contribution in [0.1, 0.15) is 11.1 Å². The Morgan fingerprint density at radius 2 is 0.630 bits per heavy atom. The average molecular weight is 837 g/mol. The van der Waals surface area contributed by atoms with Crippen LogP contribution in [0, 0.1) is 46.5 Å². The fourth-order valence-corrected chi connectivity index (χ4v) is 10.4. The largest absolute Gasteiger partial charge is 0.422 e. The van der Waals surface area contributed by atoms with Crippen LogP contribution in [0.5, 0.6) is 0 Å². The molecule has 0 saturated heterocycles. The molecular formula is C36H10F14S4. The fraction of sp³-hybridized carbons (Fsp3) is 0.0556. The van der Waals surface area contributed by atoms with Crippen molar-refractivity contribution in [1.29, 1.82) is 0 Å². The minimum absolute atomic E-state index is 0.336. The maximum atomic E-state index is 14.7. The van der Waals surface area contributed by atoms with E-state index >= 15 is 0 Å². The predicted molar refractivity (Wildman–Crippen MR) is 182 cm³/mol. The number of alkyl halides is 6. The molecule has 0 bridgehead atoms. The molecule has 8 rings (SSSR count). The lowest BCUT2D eigenvalue weighted by molar-refractivity contribution is -0.144. The van der Waals surface area contributed by atoms with Gasteiger partial charge in [0.25, 0.3) is 0 Å². The summed E-state index contributed by atoms with van der Waals surface area (Å²) in [4.78, 5) is 1.33.